The second-order valence-corrected chi connectivity index (χ2v) is 5.39. The molecule has 5 heteroatoms. The van der Waals surface area contributed by atoms with Crippen molar-refractivity contribution in [3.05, 3.63) is 56.5 Å². The molecule has 1 N–H and O–H groups in total. The predicted molar refractivity (Wildman–Crippen MR) is 64.2 cm³/mol. The Morgan fingerprint density at radius 1 is 1.06 bits per heavy atom. The first kappa shape index (κ1) is 13.1. The zero-order valence-electron chi connectivity index (χ0n) is 9.80. The summed E-state index contributed by atoms with van der Waals surface area (Å²) in [5.41, 5.74) is 0.853. The average Bonchev–Trinajstić information content (AvgIpc) is 2.63. The molecular formula is C13H11F3OS. The van der Waals surface area contributed by atoms with Crippen LogP contribution in [0.25, 0.3) is 0 Å². The van der Waals surface area contributed by atoms with Gasteiger partial charge in [0.25, 0.3) is 0 Å². The number of aliphatic hydroxyl groups is 1. The molecule has 0 bridgehead atoms. The van der Waals surface area contributed by atoms with Crippen molar-refractivity contribution in [1.82, 2.24) is 0 Å². The van der Waals surface area contributed by atoms with E-state index in [1.807, 2.05) is 13.0 Å². The Morgan fingerprint density at radius 2 is 1.61 bits per heavy atom. The number of hydrogen-bond acceptors (Lipinski definition) is 2. The van der Waals surface area contributed by atoms with Crippen molar-refractivity contribution in [2.45, 2.75) is 20.0 Å². The van der Waals surface area contributed by atoms with Crippen LogP contribution in [0.4, 0.5) is 13.2 Å². The van der Waals surface area contributed by atoms with Crippen molar-refractivity contribution >= 4 is 11.3 Å². The van der Waals surface area contributed by atoms with E-state index in [0.29, 0.717) is 4.88 Å². The summed E-state index contributed by atoms with van der Waals surface area (Å²) in [6.07, 6.45) is -1.15. The van der Waals surface area contributed by atoms with Crippen LogP contribution in [0.1, 0.15) is 27.0 Å². The molecule has 0 aliphatic carbocycles. The first-order valence-electron chi connectivity index (χ1n) is 5.29. The molecule has 1 atom stereocenters. The van der Waals surface area contributed by atoms with Crippen LogP contribution in [0.15, 0.2) is 18.2 Å². The van der Waals surface area contributed by atoms with Crippen molar-refractivity contribution in [2.24, 2.45) is 0 Å². The number of thiophene rings is 1. The number of aliphatic hydroxyl groups excluding tert-OH is 1. The highest BCUT2D eigenvalue weighted by molar-refractivity contribution is 7.12. The summed E-state index contributed by atoms with van der Waals surface area (Å²) in [6, 6.07) is 3.51. The molecule has 0 radical (unpaired) electrons. The fraction of sp³-hybridized carbons (Fsp3) is 0.231. The quantitative estimate of drug-likeness (QED) is 0.823. The first-order valence-corrected chi connectivity index (χ1v) is 6.11. The van der Waals surface area contributed by atoms with Crippen LogP contribution < -0.4 is 0 Å². The summed E-state index contributed by atoms with van der Waals surface area (Å²) in [7, 11) is 0. The smallest absolute Gasteiger partial charge is 0.194 e. The van der Waals surface area contributed by atoms with Crippen LogP contribution in [-0.4, -0.2) is 5.11 Å². The molecule has 96 valence electrons. The Kier molecular flexibility index (Phi) is 3.45. The Labute approximate surface area is 107 Å². The van der Waals surface area contributed by atoms with Gasteiger partial charge >= 0.3 is 0 Å². The van der Waals surface area contributed by atoms with Crippen molar-refractivity contribution in [3.63, 3.8) is 0 Å². The fourth-order valence-electron chi connectivity index (χ4n) is 1.82. The van der Waals surface area contributed by atoms with Crippen molar-refractivity contribution in [2.75, 3.05) is 0 Å². The zero-order valence-corrected chi connectivity index (χ0v) is 10.6. The average molecular weight is 272 g/mol. The first-order chi connectivity index (χ1) is 8.40. The van der Waals surface area contributed by atoms with E-state index < -0.39 is 23.6 Å². The fourth-order valence-corrected chi connectivity index (χ4v) is 2.87. The lowest BCUT2D eigenvalue weighted by Gasteiger charge is -2.11. The molecule has 0 saturated heterocycles. The summed E-state index contributed by atoms with van der Waals surface area (Å²) in [5.74, 6) is -4.12. The van der Waals surface area contributed by atoms with Gasteiger partial charge in [-0.05, 0) is 43.2 Å². The van der Waals surface area contributed by atoms with Crippen LogP contribution in [0, 0.1) is 31.3 Å². The third-order valence-corrected chi connectivity index (χ3v) is 3.85. The minimum Gasteiger partial charge on any atom is -0.383 e. The summed E-state index contributed by atoms with van der Waals surface area (Å²) >= 11 is 1.34. The van der Waals surface area contributed by atoms with E-state index in [4.69, 9.17) is 0 Å². The van der Waals surface area contributed by atoms with Gasteiger partial charge in [0.15, 0.2) is 17.5 Å². The highest BCUT2D eigenvalue weighted by Crippen LogP contribution is 2.32. The Bertz CT molecular complexity index is 569. The SMILES string of the molecule is Cc1cc(C)c(C(O)c2cc(F)c(F)c(F)c2)s1. The highest BCUT2D eigenvalue weighted by atomic mass is 32.1. The summed E-state index contributed by atoms with van der Waals surface area (Å²) in [4.78, 5) is 1.60. The third kappa shape index (κ3) is 2.28. The van der Waals surface area contributed by atoms with Gasteiger partial charge in [0.2, 0.25) is 0 Å². The largest absolute Gasteiger partial charge is 0.383 e. The second kappa shape index (κ2) is 4.74. The van der Waals surface area contributed by atoms with Crippen molar-refractivity contribution in [3.8, 4) is 0 Å². The minimum absolute atomic E-state index is 0.0105. The number of aryl methyl sites for hydroxylation is 2. The molecule has 0 aliphatic heterocycles. The Balaban J connectivity index is 2.46. The molecule has 1 aromatic heterocycles. The molecule has 2 aromatic rings. The molecule has 1 unspecified atom stereocenters. The highest BCUT2D eigenvalue weighted by Gasteiger charge is 2.19. The number of benzene rings is 1. The zero-order chi connectivity index (χ0) is 13.4. The standard InChI is InChI=1S/C13H11F3OS/c1-6-3-7(2)18-13(6)12(17)8-4-9(14)11(16)10(15)5-8/h3-5,12,17H,1-2H3. The lowest BCUT2D eigenvalue weighted by Crippen LogP contribution is -2.02. The molecular weight excluding hydrogens is 261 g/mol. The van der Waals surface area contributed by atoms with Crippen molar-refractivity contribution < 1.29 is 18.3 Å². The Morgan fingerprint density at radius 3 is 2.06 bits per heavy atom. The van der Waals surface area contributed by atoms with E-state index in [-0.39, 0.29) is 5.56 Å². The second-order valence-electron chi connectivity index (χ2n) is 4.11. The lowest BCUT2D eigenvalue weighted by atomic mass is 10.1. The van der Waals surface area contributed by atoms with Crippen LogP contribution in [0.5, 0.6) is 0 Å². The van der Waals surface area contributed by atoms with Crippen molar-refractivity contribution in [1.29, 1.82) is 0 Å². The van der Waals surface area contributed by atoms with E-state index in [1.54, 1.807) is 6.92 Å². The Hall–Kier alpha value is -1.33. The van der Waals surface area contributed by atoms with Gasteiger partial charge in [-0.1, -0.05) is 0 Å². The maximum atomic E-state index is 13.1. The molecule has 1 heterocycles. The summed E-state index contributed by atoms with van der Waals surface area (Å²) < 4.78 is 39.0. The molecule has 0 fully saturated rings. The molecule has 1 aromatic carbocycles. The molecule has 2 rings (SSSR count). The topological polar surface area (TPSA) is 20.2 Å². The van der Waals surface area contributed by atoms with Crippen LogP contribution >= 0.6 is 11.3 Å². The van der Waals surface area contributed by atoms with Gasteiger partial charge in [0, 0.05) is 9.75 Å². The van der Waals surface area contributed by atoms with Gasteiger partial charge in [-0.3, -0.25) is 0 Å². The van der Waals surface area contributed by atoms with Gasteiger partial charge < -0.3 is 5.11 Å². The van der Waals surface area contributed by atoms with E-state index >= 15 is 0 Å². The van der Waals surface area contributed by atoms with Gasteiger partial charge in [-0.2, -0.15) is 0 Å². The molecule has 0 spiro atoms. The van der Waals surface area contributed by atoms with E-state index in [0.717, 1.165) is 22.6 Å². The van der Waals surface area contributed by atoms with E-state index in [1.165, 1.54) is 11.3 Å². The van der Waals surface area contributed by atoms with E-state index in [9.17, 15) is 18.3 Å². The molecule has 0 aliphatic rings. The molecule has 1 nitrogen and oxygen atoms in total. The maximum absolute atomic E-state index is 13.1. The van der Waals surface area contributed by atoms with Gasteiger partial charge in [0.1, 0.15) is 6.10 Å². The number of rotatable bonds is 2. The van der Waals surface area contributed by atoms with Gasteiger partial charge in [0.05, 0.1) is 0 Å². The minimum atomic E-state index is -1.52. The van der Waals surface area contributed by atoms with E-state index in [2.05, 4.69) is 0 Å². The number of hydrogen-bond donors (Lipinski definition) is 1. The van der Waals surface area contributed by atoms with Gasteiger partial charge in [-0.15, -0.1) is 11.3 Å². The molecule has 0 amide bonds. The normalized spacial score (nSPS) is 12.8. The van der Waals surface area contributed by atoms with Crippen LogP contribution in [-0.2, 0) is 0 Å². The summed E-state index contributed by atoms with van der Waals surface area (Å²) in [5, 5.41) is 10.1. The lowest BCUT2D eigenvalue weighted by molar-refractivity contribution is 0.222. The van der Waals surface area contributed by atoms with Gasteiger partial charge in [-0.25, -0.2) is 13.2 Å². The van der Waals surface area contributed by atoms with Crippen LogP contribution in [0.3, 0.4) is 0 Å². The third-order valence-electron chi connectivity index (χ3n) is 2.65. The monoisotopic (exact) mass is 272 g/mol. The molecule has 18 heavy (non-hydrogen) atoms. The summed E-state index contributed by atoms with van der Waals surface area (Å²) in [6.45, 7) is 3.68. The predicted octanol–water partition coefficient (Wildman–Crippen LogP) is 3.86. The maximum Gasteiger partial charge on any atom is 0.194 e. The number of halogens is 3. The molecule has 0 saturated carbocycles. The van der Waals surface area contributed by atoms with Crippen LogP contribution in [0.2, 0.25) is 0 Å².